The SMILES string of the molecule is O=S(=O)(Cl)c1cc(-c2c(Cl)ccc(Cl)c2Cl)ccc1Cl. The average molecular weight is 391 g/mol. The van der Waals surface area contributed by atoms with Crippen LogP contribution in [0.4, 0.5) is 0 Å². The Morgan fingerprint density at radius 1 is 0.800 bits per heavy atom. The maximum absolute atomic E-state index is 11.5. The lowest BCUT2D eigenvalue weighted by atomic mass is 10.1. The van der Waals surface area contributed by atoms with Gasteiger partial charge in [-0.1, -0.05) is 52.5 Å². The second-order valence-electron chi connectivity index (χ2n) is 3.80. The van der Waals surface area contributed by atoms with Gasteiger partial charge in [-0.3, -0.25) is 0 Å². The third-order valence-electron chi connectivity index (χ3n) is 2.53. The van der Waals surface area contributed by atoms with E-state index in [1.807, 2.05) is 0 Å². The number of hydrogen-bond donors (Lipinski definition) is 0. The summed E-state index contributed by atoms with van der Waals surface area (Å²) in [5.41, 5.74) is 0.866. The normalized spacial score (nSPS) is 11.7. The molecule has 0 atom stereocenters. The Morgan fingerprint density at radius 2 is 1.35 bits per heavy atom. The largest absolute Gasteiger partial charge is 0.262 e. The van der Waals surface area contributed by atoms with Gasteiger partial charge in [0.25, 0.3) is 9.05 Å². The van der Waals surface area contributed by atoms with E-state index < -0.39 is 9.05 Å². The van der Waals surface area contributed by atoms with Crippen LogP contribution in [0.5, 0.6) is 0 Å². The third kappa shape index (κ3) is 3.19. The van der Waals surface area contributed by atoms with Gasteiger partial charge in [-0.25, -0.2) is 8.42 Å². The summed E-state index contributed by atoms with van der Waals surface area (Å²) in [6, 6.07) is 7.39. The molecule has 2 nitrogen and oxygen atoms in total. The van der Waals surface area contributed by atoms with Crippen LogP contribution in [0.2, 0.25) is 20.1 Å². The van der Waals surface area contributed by atoms with Crippen LogP contribution < -0.4 is 0 Å². The quantitative estimate of drug-likeness (QED) is 0.473. The zero-order valence-electron chi connectivity index (χ0n) is 9.50. The van der Waals surface area contributed by atoms with E-state index >= 15 is 0 Å². The molecule has 0 fully saturated rings. The van der Waals surface area contributed by atoms with Crippen molar-refractivity contribution in [1.29, 1.82) is 0 Å². The Morgan fingerprint density at radius 3 is 1.95 bits per heavy atom. The van der Waals surface area contributed by atoms with Crippen LogP contribution in [0.15, 0.2) is 35.2 Å². The molecule has 0 bridgehead atoms. The highest BCUT2D eigenvalue weighted by Gasteiger charge is 2.18. The maximum Gasteiger partial charge on any atom is 0.262 e. The van der Waals surface area contributed by atoms with Crippen molar-refractivity contribution in [3.63, 3.8) is 0 Å². The highest BCUT2D eigenvalue weighted by Crippen LogP contribution is 2.40. The number of hydrogen-bond acceptors (Lipinski definition) is 2. The molecule has 0 N–H and O–H groups in total. The van der Waals surface area contributed by atoms with Crippen molar-refractivity contribution in [2.45, 2.75) is 4.90 Å². The summed E-state index contributed by atoms with van der Waals surface area (Å²) in [6.07, 6.45) is 0. The molecule has 2 rings (SSSR count). The van der Waals surface area contributed by atoms with Gasteiger partial charge < -0.3 is 0 Å². The van der Waals surface area contributed by atoms with E-state index in [1.165, 1.54) is 12.1 Å². The molecule has 8 heteroatoms. The van der Waals surface area contributed by atoms with Crippen LogP contribution in [0.1, 0.15) is 0 Å². The molecule has 0 amide bonds. The fourth-order valence-electron chi connectivity index (χ4n) is 1.64. The van der Waals surface area contributed by atoms with Crippen molar-refractivity contribution in [3.8, 4) is 11.1 Å². The summed E-state index contributed by atoms with van der Waals surface area (Å²) in [6.45, 7) is 0. The monoisotopic (exact) mass is 388 g/mol. The average Bonchev–Trinajstić information content (AvgIpc) is 2.35. The highest BCUT2D eigenvalue weighted by atomic mass is 35.7. The Labute approximate surface area is 140 Å². The molecule has 0 aromatic heterocycles. The van der Waals surface area contributed by atoms with Crippen LogP contribution in [0, 0.1) is 0 Å². The van der Waals surface area contributed by atoms with Crippen LogP contribution in [0.3, 0.4) is 0 Å². The third-order valence-corrected chi connectivity index (χ3v) is 5.45. The van der Waals surface area contributed by atoms with Gasteiger partial charge in [0.1, 0.15) is 4.90 Å². The maximum atomic E-state index is 11.5. The van der Waals surface area contributed by atoms with Gasteiger partial charge >= 0.3 is 0 Å². The number of halogens is 5. The molecule has 0 aliphatic heterocycles. The van der Waals surface area contributed by atoms with E-state index in [-0.39, 0.29) is 14.9 Å². The first-order valence-corrected chi connectivity index (χ1v) is 8.92. The molecule has 0 saturated carbocycles. The first-order chi connectivity index (χ1) is 9.21. The Kier molecular flexibility index (Phi) is 4.80. The summed E-state index contributed by atoms with van der Waals surface area (Å²) in [5.74, 6) is 0. The van der Waals surface area contributed by atoms with Gasteiger partial charge in [-0.05, 0) is 29.8 Å². The second kappa shape index (κ2) is 5.91. The zero-order valence-corrected chi connectivity index (χ0v) is 14.1. The van der Waals surface area contributed by atoms with E-state index in [1.54, 1.807) is 18.2 Å². The Balaban J connectivity index is 2.76. The molecule has 2 aromatic rings. The molecule has 2 aromatic carbocycles. The highest BCUT2D eigenvalue weighted by molar-refractivity contribution is 8.13. The van der Waals surface area contributed by atoms with Gasteiger partial charge in [0, 0.05) is 21.3 Å². The second-order valence-corrected chi connectivity index (χ2v) is 7.94. The minimum atomic E-state index is -3.98. The Hall–Kier alpha value is -0.160. The number of benzene rings is 2. The molecule has 0 saturated heterocycles. The smallest absolute Gasteiger partial charge is 0.207 e. The van der Waals surface area contributed by atoms with E-state index in [0.717, 1.165) is 0 Å². The van der Waals surface area contributed by atoms with E-state index in [2.05, 4.69) is 0 Å². The lowest BCUT2D eigenvalue weighted by molar-refractivity contribution is 0.609. The predicted octanol–water partition coefficient (Wildman–Crippen LogP) is 5.89. The van der Waals surface area contributed by atoms with Gasteiger partial charge in [0.15, 0.2) is 0 Å². The lowest BCUT2D eigenvalue weighted by Crippen LogP contribution is -1.93. The van der Waals surface area contributed by atoms with Gasteiger partial charge in [-0.15, -0.1) is 0 Å². The lowest BCUT2D eigenvalue weighted by Gasteiger charge is -2.10. The molecule has 20 heavy (non-hydrogen) atoms. The fourth-order valence-corrected chi connectivity index (χ4v) is 3.88. The Bertz CT molecular complexity index is 787. The van der Waals surface area contributed by atoms with Crippen molar-refractivity contribution >= 4 is 66.1 Å². The molecule has 0 aliphatic carbocycles. The van der Waals surface area contributed by atoms with Crippen molar-refractivity contribution in [2.24, 2.45) is 0 Å². The summed E-state index contributed by atoms with van der Waals surface area (Å²) in [7, 11) is 1.35. The summed E-state index contributed by atoms with van der Waals surface area (Å²) < 4.78 is 22.9. The van der Waals surface area contributed by atoms with Gasteiger partial charge in [0.2, 0.25) is 0 Å². The van der Waals surface area contributed by atoms with Gasteiger partial charge in [0.05, 0.1) is 15.1 Å². The van der Waals surface area contributed by atoms with Crippen molar-refractivity contribution in [3.05, 3.63) is 50.4 Å². The van der Waals surface area contributed by atoms with Crippen LogP contribution in [-0.2, 0) is 9.05 Å². The van der Waals surface area contributed by atoms with Crippen molar-refractivity contribution < 1.29 is 8.42 Å². The summed E-state index contributed by atoms with van der Waals surface area (Å²) in [4.78, 5) is -0.217. The minimum absolute atomic E-state index is 0.0121. The van der Waals surface area contributed by atoms with Crippen LogP contribution in [-0.4, -0.2) is 8.42 Å². The standard InChI is InChI=1S/C12H5Cl5O2S/c13-7-2-1-6(5-10(7)20(17,18)19)11-8(14)3-4-9(15)12(11)16/h1-5H. The molecule has 0 spiro atoms. The van der Waals surface area contributed by atoms with Crippen LogP contribution >= 0.6 is 57.1 Å². The van der Waals surface area contributed by atoms with E-state index in [4.69, 9.17) is 57.1 Å². The van der Waals surface area contributed by atoms with Crippen molar-refractivity contribution in [1.82, 2.24) is 0 Å². The first-order valence-electron chi connectivity index (χ1n) is 5.10. The fraction of sp³-hybridized carbons (Fsp3) is 0. The van der Waals surface area contributed by atoms with E-state index in [9.17, 15) is 8.42 Å². The van der Waals surface area contributed by atoms with E-state index in [0.29, 0.717) is 21.2 Å². The molecule has 0 radical (unpaired) electrons. The zero-order chi connectivity index (χ0) is 15.1. The molecular formula is C12H5Cl5O2S. The predicted molar refractivity (Wildman–Crippen MR) is 85.0 cm³/mol. The van der Waals surface area contributed by atoms with Crippen molar-refractivity contribution in [2.75, 3.05) is 0 Å². The molecule has 106 valence electrons. The summed E-state index contributed by atoms with van der Waals surface area (Å²) >= 11 is 24.0. The molecule has 0 aliphatic rings. The number of rotatable bonds is 2. The minimum Gasteiger partial charge on any atom is -0.207 e. The topological polar surface area (TPSA) is 34.1 Å². The molecule has 0 unspecified atom stereocenters. The first kappa shape index (κ1) is 16.2. The van der Waals surface area contributed by atoms with Gasteiger partial charge in [-0.2, -0.15) is 0 Å². The summed E-state index contributed by atoms with van der Waals surface area (Å²) in [5, 5.41) is 0.869. The molecular weight excluding hydrogens is 385 g/mol. The van der Waals surface area contributed by atoms with Crippen LogP contribution in [0.25, 0.3) is 11.1 Å². The molecule has 0 heterocycles.